The molecular formula is C28H46Cl2OPRu. The van der Waals surface area contributed by atoms with Crippen LogP contribution >= 0.6 is 20.3 Å². The number of ketones is 1. The number of hydrogen-bond acceptors (Lipinski definition) is 0. The molecule has 1 radical (unpaired) electrons. The standard InChI is InChI=1S/C18H33P.C10H12O.2ClH.Ru/c1-4-10-16(11-5-1)19(17-12-6-2-7-13-17)18-14-8-3-9-15-18;1-8(2)11-10-7-5-4-6-9(10)3;;;/h16-18H,1-15H2;3-8H,1-2H3;2*1H;/q;;;;+1/p-1. The van der Waals surface area contributed by atoms with Crippen molar-refractivity contribution in [3.8, 4) is 0 Å². The van der Waals surface area contributed by atoms with Crippen LogP contribution in [0.15, 0.2) is 29.9 Å². The zero-order valence-corrected chi connectivity index (χ0v) is 25.0. The Morgan fingerprint density at radius 1 is 0.727 bits per heavy atom. The van der Waals surface area contributed by atoms with Crippen LogP contribution in [0.1, 0.15) is 110 Å². The molecule has 3 fully saturated rings. The van der Waals surface area contributed by atoms with Crippen molar-refractivity contribution in [2.24, 2.45) is 0 Å². The van der Waals surface area contributed by atoms with Crippen molar-refractivity contribution in [2.45, 2.75) is 133 Å². The molecule has 4 aliphatic rings. The van der Waals surface area contributed by atoms with Crippen LogP contribution in [0.3, 0.4) is 0 Å². The van der Waals surface area contributed by atoms with Crippen molar-refractivity contribution >= 4 is 26.1 Å². The number of hydrogen-bond donors (Lipinski definition) is 0. The summed E-state index contributed by atoms with van der Waals surface area (Å²) in [5.74, 6) is 0.766. The van der Waals surface area contributed by atoms with E-state index >= 15 is 0 Å². The quantitative estimate of drug-likeness (QED) is 0.126. The van der Waals surface area contributed by atoms with Crippen molar-refractivity contribution in [3.05, 3.63) is 36.5 Å². The van der Waals surface area contributed by atoms with E-state index in [0.717, 1.165) is 5.78 Å². The first-order chi connectivity index (χ1) is 14.6. The normalized spacial score (nSPS) is 23.4. The van der Waals surface area contributed by atoms with E-state index in [2.05, 4.69) is 0 Å². The largest absolute Gasteiger partial charge is 1.00 e. The summed E-state index contributed by atoms with van der Waals surface area (Å²) in [6.07, 6.45) is 31.3. The number of carbonyl (C=O) groups excluding carboxylic acids is 1. The van der Waals surface area contributed by atoms with Gasteiger partial charge in [-0.15, -0.1) is 18.5 Å². The summed E-state index contributed by atoms with van der Waals surface area (Å²) in [5, 5.41) is 0. The van der Waals surface area contributed by atoms with Gasteiger partial charge in [0.05, 0.1) is 0 Å². The van der Waals surface area contributed by atoms with E-state index in [1.54, 1.807) is 77.0 Å². The summed E-state index contributed by atoms with van der Waals surface area (Å²) in [7, 11) is 0.385. The van der Waals surface area contributed by atoms with E-state index in [1.165, 1.54) is 36.2 Å². The van der Waals surface area contributed by atoms with Crippen LogP contribution in [0, 0.1) is 6.58 Å². The van der Waals surface area contributed by atoms with Crippen molar-refractivity contribution in [1.29, 1.82) is 0 Å². The van der Waals surface area contributed by atoms with Crippen LogP contribution in [0.2, 0.25) is 0 Å². The summed E-state index contributed by atoms with van der Waals surface area (Å²) in [5.41, 5.74) is 4.26. The van der Waals surface area contributed by atoms with Crippen LogP contribution in [0.4, 0.5) is 0 Å². The molecule has 3 saturated carbocycles. The molecule has 0 N–H and O–H groups in total. The van der Waals surface area contributed by atoms with Crippen molar-refractivity contribution in [2.75, 3.05) is 0 Å². The molecular weight excluding hydrogens is 555 g/mol. The second-order valence-corrected chi connectivity index (χ2v) is 13.1. The molecule has 0 aliphatic heterocycles. The first-order valence-electron chi connectivity index (χ1n) is 12.9. The van der Waals surface area contributed by atoms with Crippen LogP contribution < -0.4 is 12.4 Å². The molecule has 1 nitrogen and oxygen atoms in total. The van der Waals surface area contributed by atoms with Gasteiger partial charge in [-0.05, 0) is 61.6 Å². The van der Waals surface area contributed by atoms with Gasteiger partial charge in [0.1, 0.15) is 0 Å². The van der Waals surface area contributed by atoms with Gasteiger partial charge < -0.3 is 16.8 Å². The smallest absolute Gasteiger partial charge is 1.00 e. The molecule has 0 bridgehead atoms. The Morgan fingerprint density at radius 3 is 1.42 bits per heavy atom. The summed E-state index contributed by atoms with van der Waals surface area (Å²) >= 11 is 0. The average Bonchev–Trinajstić information content (AvgIpc) is 2.78. The van der Waals surface area contributed by atoms with E-state index in [-0.39, 0.29) is 50.4 Å². The molecule has 0 amide bonds. The summed E-state index contributed by atoms with van der Waals surface area (Å²) in [4.78, 5) is 0. The van der Waals surface area contributed by atoms with Gasteiger partial charge in [-0.25, -0.2) is 6.58 Å². The monoisotopic (exact) mass is 601 g/mol. The molecule has 0 aromatic rings. The fourth-order valence-corrected chi connectivity index (χ4v) is 10.5. The Labute approximate surface area is 231 Å². The van der Waals surface area contributed by atoms with Crippen LogP contribution in [0.25, 0.3) is 0 Å². The van der Waals surface area contributed by atoms with Gasteiger partial charge in [0.15, 0.2) is 0 Å². The molecule has 0 saturated heterocycles. The van der Waals surface area contributed by atoms with Crippen molar-refractivity contribution in [1.82, 2.24) is 0 Å². The van der Waals surface area contributed by atoms with Gasteiger partial charge in [0, 0.05) is 13.8 Å². The summed E-state index contributed by atoms with van der Waals surface area (Å²) in [6, 6.07) is 0. The Hall–Kier alpha value is 0.523. The summed E-state index contributed by atoms with van der Waals surface area (Å²) in [6.45, 7) is 9.60. The molecule has 33 heavy (non-hydrogen) atoms. The van der Waals surface area contributed by atoms with Gasteiger partial charge in [-0.2, -0.15) is 6.08 Å². The summed E-state index contributed by atoms with van der Waals surface area (Å²) < 4.78 is 5.42. The second-order valence-electron chi connectivity index (χ2n) is 10.0. The van der Waals surface area contributed by atoms with Gasteiger partial charge >= 0.3 is 19.5 Å². The third kappa shape index (κ3) is 11.4. The molecule has 4 aliphatic carbocycles. The average molecular weight is 602 g/mol. The van der Waals surface area contributed by atoms with Crippen LogP contribution in [-0.2, 0) is 23.9 Å². The van der Waals surface area contributed by atoms with Gasteiger partial charge in [-0.3, -0.25) is 0 Å². The molecule has 0 spiro atoms. The van der Waals surface area contributed by atoms with Gasteiger partial charge in [0.2, 0.25) is 5.78 Å². The maximum Gasteiger partial charge on any atom is 1.00 e. The minimum absolute atomic E-state index is 0. The fraction of sp³-hybridized carbons (Fsp3) is 0.750. The Kier molecular flexibility index (Phi) is 19.0. The molecule has 0 atom stereocenters. The molecule has 191 valence electrons. The Morgan fingerprint density at radius 2 is 1.09 bits per heavy atom. The van der Waals surface area contributed by atoms with Crippen LogP contribution in [0.5, 0.6) is 0 Å². The maximum absolute atomic E-state index is 5.64. The first kappa shape index (κ1) is 33.5. The zero-order chi connectivity index (χ0) is 21.2. The van der Waals surface area contributed by atoms with Crippen molar-refractivity contribution in [3.63, 3.8) is 0 Å². The van der Waals surface area contributed by atoms with E-state index in [0.29, 0.717) is 13.5 Å². The molecule has 0 aromatic heterocycles. The van der Waals surface area contributed by atoms with E-state index in [1.807, 2.05) is 38.2 Å². The third-order valence-corrected chi connectivity index (χ3v) is 11.3. The molecule has 4 rings (SSSR count). The van der Waals surface area contributed by atoms with Crippen molar-refractivity contribution < 1.29 is 36.3 Å². The number of allylic oxidation sites excluding steroid dienone is 5. The Balaban J connectivity index is 0.000000640. The first-order valence-corrected chi connectivity index (χ1v) is 14.5. The minimum atomic E-state index is 0. The number of halogens is 2. The second kappa shape index (κ2) is 18.7. The van der Waals surface area contributed by atoms with E-state index in [9.17, 15) is 0 Å². The maximum atomic E-state index is 5.64. The minimum Gasteiger partial charge on any atom is -1.00 e. The molecule has 0 heterocycles. The third-order valence-electron chi connectivity index (χ3n) is 7.27. The molecule has 0 unspecified atom stereocenters. The Bertz CT molecular complexity index is 571. The van der Waals surface area contributed by atoms with Gasteiger partial charge in [0.25, 0.3) is 6.10 Å². The van der Waals surface area contributed by atoms with Gasteiger partial charge in [-0.1, -0.05) is 77.4 Å². The zero-order valence-electron chi connectivity index (χ0n) is 20.8. The topological polar surface area (TPSA) is 11.3 Å². The molecule has 5 heteroatoms. The SMILES string of the molecule is C1CCC(P(C2CCCCC2)C2CCCCC2)CC1.Cl.[CH-]=C1C=CC=CC1=[O+]C(C)C.[Cl-].[Ru+]. The predicted octanol–water partition coefficient (Wildman–Crippen LogP) is 5.87. The molecule has 0 aromatic carbocycles. The van der Waals surface area contributed by atoms with Crippen LogP contribution in [-0.4, -0.2) is 28.9 Å². The fourth-order valence-electron chi connectivity index (χ4n) is 5.87. The van der Waals surface area contributed by atoms with E-state index in [4.69, 9.17) is 11.0 Å². The van der Waals surface area contributed by atoms with E-state index < -0.39 is 0 Å². The predicted molar refractivity (Wildman–Crippen MR) is 141 cm³/mol. The number of rotatable bonds is 4.